The molecule has 0 spiro atoms. The van der Waals surface area contributed by atoms with Crippen molar-refractivity contribution in [3.05, 3.63) is 76.8 Å². The number of hydrogen-bond donors (Lipinski definition) is 2. The minimum atomic E-state index is -3.91. The number of nitrogens with zero attached hydrogens (tertiary/aromatic N) is 3. The summed E-state index contributed by atoms with van der Waals surface area (Å²) in [6, 6.07) is 15.4. The Morgan fingerprint density at radius 2 is 1.74 bits per heavy atom. The number of sulfonamides is 1. The van der Waals surface area contributed by atoms with E-state index in [1.807, 2.05) is 25.1 Å². The van der Waals surface area contributed by atoms with Crippen molar-refractivity contribution in [2.75, 3.05) is 4.72 Å². The normalized spacial score (nSPS) is 11.6. The average Bonchev–Trinajstić information content (AvgIpc) is 3.02. The average molecular weight is 381 g/mol. The molecule has 0 atom stereocenters. The van der Waals surface area contributed by atoms with Crippen LogP contribution in [0.2, 0.25) is 0 Å². The number of aromatic amines is 1. The van der Waals surface area contributed by atoms with Gasteiger partial charge in [0.25, 0.3) is 15.6 Å². The minimum Gasteiger partial charge on any atom is -0.312 e. The zero-order valence-electron chi connectivity index (χ0n) is 14.2. The summed E-state index contributed by atoms with van der Waals surface area (Å²) in [5.74, 6) is -0.0798. The van der Waals surface area contributed by atoms with E-state index in [4.69, 9.17) is 0 Å². The maximum atomic E-state index is 12.7. The first-order valence-corrected chi connectivity index (χ1v) is 9.55. The van der Waals surface area contributed by atoms with Crippen molar-refractivity contribution in [3.63, 3.8) is 0 Å². The van der Waals surface area contributed by atoms with Crippen molar-refractivity contribution in [2.45, 2.75) is 11.8 Å². The van der Waals surface area contributed by atoms with Gasteiger partial charge in [0.15, 0.2) is 11.5 Å². The van der Waals surface area contributed by atoms with Crippen molar-refractivity contribution < 1.29 is 8.42 Å². The van der Waals surface area contributed by atoms with Gasteiger partial charge in [-0.05, 0) is 31.2 Å². The number of fused-ring (bicyclic) bond motifs is 1. The summed E-state index contributed by atoms with van der Waals surface area (Å²) in [4.78, 5) is 19.0. The van der Waals surface area contributed by atoms with Crippen molar-refractivity contribution in [1.82, 2.24) is 19.7 Å². The van der Waals surface area contributed by atoms with Gasteiger partial charge in [0.2, 0.25) is 0 Å². The van der Waals surface area contributed by atoms with Crippen LogP contribution >= 0.6 is 0 Å². The van der Waals surface area contributed by atoms with E-state index in [9.17, 15) is 13.2 Å². The quantitative estimate of drug-likeness (QED) is 0.563. The van der Waals surface area contributed by atoms with E-state index in [0.717, 1.165) is 5.56 Å². The summed E-state index contributed by atoms with van der Waals surface area (Å²) in [6.45, 7) is 1.87. The van der Waals surface area contributed by atoms with Crippen molar-refractivity contribution in [3.8, 4) is 5.69 Å². The van der Waals surface area contributed by atoms with Gasteiger partial charge in [-0.2, -0.15) is 0 Å². The van der Waals surface area contributed by atoms with Crippen LogP contribution in [-0.2, 0) is 10.0 Å². The monoisotopic (exact) mass is 381 g/mol. The summed E-state index contributed by atoms with van der Waals surface area (Å²) >= 11 is 0. The summed E-state index contributed by atoms with van der Waals surface area (Å²) in [5, 5.41) is 4.36. The van der Waals surface area contributed by atoms with E-state index in [1.165, 1.54) is 23.1 Å². The van der Waals surface area contributed by atoms with Gasteiger partial charge in [0, 0.05) is 0 Å². The molecule has 9 heteroatoms. The highest BCUT2D eigenvalue weighted by Crippen LogP contribution is 2.23. The van der Waals surface area contributed by atoms with E-state index in [0.29, 0.717) is 5.69 Å². The first-order chi connectivity index (χ1) is 13.0. The van der Waals surface area contributed by atoms with Crippen LogP contribution in [-0.4, -0.2) is 28.2 Å². The lowest BCUT2D eigenvalue weighted by molar-refractivity contribution is 0.601. The Balaban J connectivity index is 1.87. The number of anilines is 1. The summed E-state index contributed by atoms with van der Waals surface area (Å²) in [7, 11) is -3.91. The lowest BCUT2D eigenvalue weighted by Crippen LogP contribution is -2.15. The molecule has 2 aromatic heterocycles. The molecule has 0 aliphatic carbocycles. The Bertz CT molecular complexity index is 1280. The molecule has 0 amide bonds. The smallest absolute Gasteiger partial charge is 0.264 e. The van der Waals surface area contributed by atoms with Crippen LogP contribution < -0.4 is 10.3 Å². The Labute approximate surface area is 154 Å². The standard InChI is InChI=1S/C18H15N5O3S/c1-12-7-9-14(10-8-12)27(25,26)22-16-15-17(19-11-20-18(15)24)23(21-16)13-5-3-2-4-6-13/h2-11H,1H3,(H,21,22)(H,19,20,24). The number of nitrogens with one attached hydrogen (secondary N) is 2. The van der Waals surface area contributed by atoms with Crippen LogP contribution in [0.15, 0.2) is 70.6 Å². The molecule has 0 bridgehead atoms. The minimum absolute atomic E-state index is 0.0667. The highest BCUT2D eigenvalue weighted by atomic mass is 32.2. The summed E-state index contributed by atoms with van der Waals surface area (Å²) < 4.78 is 29.3. The largest absolute Gasteiger partial charge is 0.312 e. The second kappa shape index (κ2) is 6.36. The number of aryl methyl sites for hydroxylation is 1. The van der Waals surface area contributed by atoms with E-state index < -0.39 is 15.6 Å². The Hall–Kier alpha value is -3.46. The fourth-order valence-electron chi connectivity index (χ4n) is 2.69. The van der Waals surface area contributed by atoms with Crippen LogP contribution in [0.1, 0.15) is 5.56 Å². The van der Waals surface area contributed by atoms with E-state index >= 15 is 0 Å². The molecule has 136 valence electrons. The van der Waals surface area contributed by atoms with Crippen molar-refractivity contribution in [2.24, 2.45) is 0 Å². The van der Waals surface area contributed by atoms with E-state index in [1.54, 1.807) is 24.3 Å². The van der Waals surface area contributed by atoms with E-state index in [-0.39, 0.29) is 21.7 Å². The second-order valence-corrected chi connectivity index (χ2v) is 7.63. The van der Waals surface area contributed by atoms with Crippen LogP contribution in [0.4, 0.5) is 5.82 Å². The molecule has 0 saturated heterocycles. The Kier molecular flexibility index (Phi) is 4.00. The number of H-pyrrole nitrogens is 1. The van der Waals surface area contributed by atoms with Gasteiger partial charge in [-0.1, -0.05) is 35.9 Å². The molecule has 8 nitrogen and oxygen atoms in total. The molecule has 2 aromatic carbocycles. The molecule has 0 unspecified atom stereocenters. The topological polar surface area (TPSA) is 110 Å². The number of benzene rings is 2. The molecular formula is C18H15N5O3S. The van der Waals surface area contributed by atoms with Gasteiger partial charge in [-0.15, -0.1) is 5.10 Å². The third-order valence-corrected chi connectivity index (χ3v) is 5.39. The molecular weight excluding hydrogens is 366 g/mol. The molecule has 27 heavy (non-hydrogen) atoms. The summed E-state index contributed by atoms with van der Waals surface area (Å²) in [6.07, 6.45) is 1.25. The number of para-hydroxylation sites is 1. The van der Waals surface area contributed by atoms with Gasteiger partial charge in [0.1, 0.15) is 5.39 Å². The molecule has 0 aliphatic rings. The number of hydrogen-bond acceptors (Lipinski definition) is 5. The maximum Gasteiger partial charge on any atom is 0.264 e. The van der Waals surface area contributed by atoms with Gasteiger partial charge in [-0.3, -0.25) is 9.52 Å². The van der Waals surface area contributed by atoms with Gasteiger partial charge in [0.05, 0.1) is 16.9 Å². The molecule has 2 heterocycles. The fourth-order valence-corrected chi connectivity index (χ4v) is 3.70. The second-order valence-electron chi connectivity index (χ2n) is 5.94. The Morgan fingerprint density at radius 3 is 2.44 bits per heavy atom. The lowest BCUT2D eigenvalue weighted by Gasteiger charge is -2.06. The molecule has 0 saturated carbocycles. The van der Waals surface area contributed by atoms with E-state index in [2.05, 4.69) is 19.8 Å². The first-order valence-electron chi connectivity index (χ1n) is 8.07. The van der Waals surface area contributed by atoms with Crippen LogP contribution in [0.5, 0.6) is 0 Å². The molecule has 2 N–H and O–H groups in total. The van der Waals surface area contributed by atoms with Crippen molar-refractivity contribution >= 4 is 26.9 Å². The maximum absolute atomic E-state index is 12.7. The highest BCUT2D eigenvalue weighted by molar-refractivity contribution is 7.92. The van der Waals surface area contributed by atoms with Gasteiger partial charge in [-0.25, -0.2) is 18.1 Å². The molecule has 0 fully saturated rings. The third-order valence-electron chi connectivity index (χ3n) is 4.03. The molecule has 0 aliphatic heterocycles. The highest BCUT2D eigenvalue weighted by Gasteiger charge is 2.22. The molecule has 4 aromatic rings. The lowest BCUT2D eigenvalue weighted by atomic mass is 10.2. The van der Waals surface area contributed by atoms with Crippen LogP contribution in [0, 0.1) is 6.92 Å². The van der Waals surface area contributed by atoms with Crippen molar-refractivity contribution in [1.29, 1.82) is 0 Å². The number of aromatic nitrogens is 4. The van der Waals surface area contributed by atoms with Gasteiger partial charge < -0.3 is 4.98 Å². The zero-order chi connectivity index (χ0) is 19.0. The van der Waals surface area contributed by atoms with Gasteiger partial charge >= 0.3 is 0 Å². The first kappa shape index (κ1) is 17.0. The molecule has 4 rings (SSSR count). The Morgan fingerprint density at radius 1 is 1.04 bits per heavy atom. The zero-order valence-corrected chi connectivity index (χ0v) is 15.1. The van der Waals surface area contributed by atoms with Crippen LogP contribution in [0.3, 0.4) is 0 Å². The predicted molar refractivity (Wildman–Crippen MR) is 101 cm³/mol. The third kappa shape index (κ3) is 3.08. The summed E-state index contributed by atoms with van der Waals surface area (Å²) in [5.41, 5.74) is 1.37. The molecule has 0 radical (unpaired) electrons. The predicted octanol–water partition coefficient (Wildman–Crippen LogP) is 2.22. The SMILES string of the molecule is Cc1ccc(S(=O)(=O)Nc2nn(-c3ccccc3)c3nc[nH]c(=O)c23)cc1. The number of rotatable bonds is 4. The fraction of sp³-hybridized carbons (Fsp3) is 0.0556. The van der Waals surface area contributed by atoms with Crippen LogP contribution in [0.25, 0.3) is 16.7 Å².